The topological polar surface area (TPSA) is 46.2 Å². The predicted octanol–water partition coefficient (Wildman–Crippen LogP) is 1.44. The van der Waals surface area contributed by atoms with E-state index in [9.17, 15) is 5.11 Å². The van der Waals surface area contributed by atoms with Crippen LogP contribution in [0.1, 0.15) is 11.7 Å². The van der Waals surface area contributed by atoms with Crippen molar-refractivity contribution in [1.82, 2.24) is 0 Å². The molecular formula is C8H10BrNO. The molecular weight excluding hydrogens is 206 g/mol. The summed E-state index contributed by atoms with van der Waals surface area (Å²) in [6.07, 6.45) is -0.539. The number of aliphatic hydroxyl groups is 1. The predicted molar refractivity (Wildman–Crippen MR) is 48.2 cm³/mol. The molecule has 0 heterocycles. The Morgan fingerprint density at radius 2 is 1.91 bits per heavy atom. The minimum Gasteiger partial charge on any atom is -0.387 e. The van der Waals surface area contributed by atoms with E-state index in [0.717, 1.165) is 10.0 Å². The molecule has 0 aromatic heterocycles. The molecule has 60 valence electrons. The van der Waals surface area contributed by atoms with Crippen LogP contribution in [0, 0.1) is 0 Å². The molecule has 1 aromatic rings. The first kappa shape index (κ1) is 8.71. The van der Waals surface area contributed by atoms with Crippen LogP contribution < -0.4 is 5.73 Å². The fourth-order valence-corrected chi connectivity index (χ4v) is 1.09. The van der Waals surface area contributed by atoms with Gasteiger partial charge >= 0.3 is 0 Å². The lowest BCUT2D eigenvalue weighted by Crippen LogP contribution is -2.11. The molecule has 1 rings (SSSR count). The van der Waals surface area contributed by atoms with Crippen LogP contribution in [0.4, 0.5) is 0 Å². The Kier molecular flexibility index (Phi) is 3.05. The van der Waals surface area contributed by atoms with Crippen LogP contribution in [0.25, 0.3) is 0 Å². The van der Waals surface area contributed by atoms with Crippen molar-refractivity contribution in [2.45, 2.75) is 6.10 Å². The van der Waals surface area contributed by atoms with Gasteiger partial charge in [-0.3, -0.25) is 0 Å². The van der Waals surface area contributed by atoms with Gasteiger partial charge in [0.05, 0.1) is 6.10 Å². The van der Waals surface area contributed by atoms with Gasteiger partial charge in [-0.05, 0) is 17.7 Å². The summed E-state index contributed by atoms with van der Waals surface area (Å²) >= 11 is 3.30. The highest BCUT2D eigenvalue weighted by molar-refractivity contribution is 9.10. The summed E-state index contributed by atoms with van der Waals surface area (Å²) < 4.78 is 1.01. The second kappa shape index (κ2) is 3.85. The van der Waals surface area contributed by atoms with Crippen LogP contribution in [0.3, 0.4) is 0 Å². The van der Waals surface area contributed by atoms with Gasteiger partial charge in [0.25, 0.3) is 0 Å². The van der Waals surface area contributed by atoms with Crippen molar-refractivity contribution in [1.29, 1.82) is 0 Å². The van der Waals surface area contributed by atoms with E-state index in [2.05, 4.69) is 15.9 Å². The Hall–Kier alpha value is -0.380. The minimum absolute atomic E-state index is 0.266. The first-order valence-electron chi connectivity index (χ1n) is 3.37. The molecule has 0 unspecified atom stereocenters. The van der Waals surface area contributed by atoms with Gasteiger partial charge in [0.15, 0.2) is 0 Å². The summed E-state index contributed by atoms with van der Waals surface area (Å²) in [7, 11) is 0. The maximum atomic E-state index is 9.28. The summed E-state index contributed by atoms with van der Waals surface area (Å²) in [5.74, 6) is 0. The van der Waals surface area contributed by atoms with Gasteiger partial charge in [-0.2, -0.15) is 0 Å². The van der Waals surface area contributed by atoms with Gasteiger partial charge in [-0.25, -0.2) is 0 Å². The van der Waals surface area contributed by atoms with Gasteiger partial charge in [0.1, 0.15) is 0 Å². The highest BCUT2D eigenvalue weighted by Gasteiger charge is 2.02. The first-order chi connectivity index (χ1) is 5.24. The number of aliphatic hydroxyl groups excluding tert-OH is 1. The number of benzene rings is 1. The molecule has 0 spiro atoms. The first-order valence-corrected chi connectivity index (χ1v) is 4.17. The molecule has 0 saturated heterocycles. The third-order valence-corrected chi connectivity index (χ3v) is 2.01. The van der Waals surface area contributed by atoms with Crippen molar-refractivity contribution >= 4 is 15.9 Å². The number of halogens is 1. The lowest BCUT2D eigenvalue weighted by Gasteiger charge is -2.06. The minimum atomic E-state index is -0.539. The SMILES string of the molecule is NC[C@@H](O)c1ccc(Br)cc1. The summed E-state index contributed by atoms with van der Waals surface area (Å²) in [5, 5.41) is 9.28. The third kappa shape index (κ3) is 2.29. The molecule has 0 bridgehead atoms. The molecule has 0 aliphatic heterocycles. The molecule has 0 fully saturated rings. The van der Waals surface area contributed by atoms with Gasteiger partial charge in [-0.1, -0.05) is 28.1 Å². The molecule has 0 aliphatic carbocycles. The fraction of sp³-hybridized carbons (Fsp3) is 0.250. The molecule has 3 heteroatoms. The van der Waals surface area contributed by atoms with Crippen molar-refractivity contribution in [2.75, 3.05) is 6.54 Å². The maximum absolute atomic E-state index is 9.28. The Bertz CT molecular complexity index is 222. The van der Waals surface area contributed by atoms with E-state index in [1.807, 2.05) is 24.3 Å². The van der Waals surface area contributed by atoms with E-state index in [0.29, 0.717) is 0 Å². The lowest BCUT2D eigenvalue weighted by molar-refractivity contribution is 0.187. The quantitative estimate of drug-likeness (QED) is 0.785. The second-order valence-electron chi connectivity index (χ2n) is 2.30. The monoisotopic (exact) mass is 215 g/mol. The van der Waals surface area contributed by atoms with Crippen LogP contribution in [0.15, 0.2) is 28.7 Å². The van der Waals surface area contributed by atoms with Crippen molar-refractivity contribution < 1.29 is 5.11 Å². The average Bonchev–Trinajstić information content (AvgIpc) is 2.05. The molecule has 1 aromatic carbocycles. The van der Waals surface area contributed by atoms with Crippen molar-refractivity contribution in [3.05, 3.63) is 34.3 Å². The van der Waals surface area contributed by atoms with Gasteiger partial charge in [0.2, 0.25) is 0 Å². The highest BCUT2D eigenvalue weighted by Crippen LogP contribution is 2.15. The summed E-state index contributed by atoms with van der Waals surface area (Å²) in [6.45, 7) is 0.266. The van der Waals surface area contributed by atoms with E-state index in [4.69, 9.17) is 5.73 Å². The van der Waals surface area contributed by atoms with Crippen LogP contribution in [-0.4, -0.2) is 11.7 Å². The average molecular weight is 216 g/mol. The Labute approximate surface area is 74.2 Å². The van der Waals surface area contributed by atoms with Crippen LogP contribution in [-0.2, 0) is 0 Å². The van der Waals surface area contributed by atoms with E-state index in [1.54, 1.807) is 0 Å². The molecule has 11 heavy (non-hydrogen) atoms. The zero-order chi connectivity index (χ0) is 8.27. The van der Waals surface area contributed by atoms with Crippen LogP contribution in [0.5, 0.6) is 0 Å². The molecule has 2 nitrogen and oxygen atoms in total. The van der Waals surface area contributed by atoms with Crippen LogP contribution >= 0.6 is 15.9 Å². The fourth-order valence-electron chi connectivity index (χ4n) is 0.821. The molecule has 0 amide bonds. The smallest absolute Gasteiger partial charge is 0.0912 e. The Balaban J connectivity index is 2.81. The zero-order valence-corrected chi connectivity index (χ0v) is 7.58. The molecule has 0 saturated carbocycles. The Morgan fingerprint density at radius 1 is 1.36 bits per heavy atom. The standard InChI is InChI=1S/C8H10BrNO/c9-7-3-1-6(2-4-7)8(11)5-10/h1-4,8,11H,5,10H2/t8-/m1/s1. The van der Waals surface area contributed by atoms with E-state index >= 15 is 0 Å². The van der Waals surface area contributed by atoms with Crippen LogP contribution in [0.2, 0.25) is 0 Å². The van der Waals surface area contributed by atoms with Gasteiger partial charge in [0, 0.05) is 11.0 Å². The van der Waals surface area contributed by atoms with Crippen molar-refractivity contribution in [3.8, 4) is 0 Å². The largest absolute Gasteiger partial charge is 0.387 e. The number of nitrogens with two attached hydrogens (primary N) is 1. The third-order valence-electron chi connectivity index (χ3n) is 1.48. The number of rotatable bonds is 2. The molecule has 3 N–H and O–H groups in total. The normalized spacial score (nSPS) is 13.0. The molecule has 0 radical (unpaired) electrons. The van der Waals surface area contributed by atoms with E-state index in [1.165, 1.54) is 0 Å². The van der Waals surface area contributed by atoms with Crippen molar-refractivity contribution in [2.24, 2.45) is 5.73 Å². The van der Waals surface area contributed by atoms with Gasteiger partial charge in [-0.15, -0.1) is 0 Å². The summed E-state index contributed by atoms with van der Waals surface area (Å²) in [5.41, 5.74) is 6.14. The molecule has 1 atom stereocenters. The highest BCUT2D eigenvalue weighted by atomic mass is 79.9. The second-order valence-corrected chi connectivity index (χ2v) is 3.22. The lowest BCUT2D eigenvalue weighted by atomic mass is 10.1. The zero-order valence-electron chi connectivity index (χ0n) is 6.00. The Morgan fingerprint density at radius 3 is 2.36 bits per heavy atom. The van der Waals surface area contributed by atoms with Gasteiger partial charge < -0.3 is 10.8 Å². The van der Waals surface area contributed by atoms with E-state index < -0.39 is 6.10 Å². The number of hydrogen-bond acceptors (Lipinski definition) is 2. The van der Waals surface area contributed by atoms with Crippen molar-refractivity contribution in [3.63, 3.8) is 0 Å². The summed E-state index contributed by atoms with van der Waals surface area (Å²) in [6, 6.07) is 7.46. The molecule has 0 aliphatic rings. The van der Waals surface area contributed by atoms with E-state index in [-0.39, 0.29) is 6.54 Å². The summed E-state index contributed by atoms with van der Waals surface area (Å²) in [4.78, 5) is 0. The number of hydrogen-bond donors (Lipinski definition) is 2. The maximum Gasteiger partial charge on any atom is 0.0912 e.